The Morgan fingerprint density at radius 3 is 3.16 bits per heavy atom. The Hall–Kier alpha value is -1.30. The number of hydrogen-bond donors (Lipinski definition) is 1. The fraction of sp³-hybridized carbons (Fsp3) is 0.615. The van der Waals surface area contributed by atoms with Gasteiger partial charge in [0, 0.05) is 20.1 Å². The minimum atomic E-state index is 0.0584. The Bertz CT molecular complexity index is 440. The second-order valence-electron chi connectivity index (χ2n) is 4.55. The second-order valence-corrected chi connectivity index (χ2v) is 5.83. The first-order valence-corrected chi connectivity index (χ1v) is 7.64. The molecule has 0 unspecified atom stereocenters. The highest BCUT2D eigenvalue weighted by atomic mass is 32.2. The first-order chi connectivity index (χ1) is 9.24. The van der Waals surface area contributed by atoms with Crippen LogP contribution in [0.3, 0.4) is 0 Å². The zero-order chi connectivity index (χ0) is 13.7. The van der Waals surface area contributed by atoms with E-state index in [1.807, 2.05) is 0 Å². The van der Waals surface area contributed by atoms with Gasteiger partial charge in [-0.3, -0.25) is 9.78 Å². The lowest BCUT2D eigenvalue weighted by molar-refractivity contribution is -0.124. The standard InChI is InChI=1S/C13H20N4OS/c1-3-19-12-8-15-7-11(16-12)17-6-4-5-10(9-17)13(18)14-2/h7-8,10H,3-6,9H2,1-2H3,(H,14,18)/t10-/m1/s1. The first-order valence-electron chi connectivity index (χ1n) is 6.66. The molecule has 0 spiro atoms. The van der Waals surface area contributed by atoms with Gasteiger partial charge >= 0.3 is 0 Å². The predicted molar refractivity (Wildman–Crippen MR) is 77.4 cm³/mol. The number of anilines is 1. The van der Waals surface area contributed by atoms with Crippen molar-refractivity contribution in [1.82, 2.24) is 15.3 Å². The Labute approximate surface area is 118 Å². The third-order valence-corrected chi connectivity index (χ3v) is 4.04. The van der Waals surface area contributed by atoms with E-state index < -0.39 is 0 Å². The number of piperidine rings is 1. The Kier molecular flexibility index (Phi) is 5.01. The van der Waals surface area contributed by atoms with Crippen molar-refractivity contribution in [2.75, 3.05) is 30.8 Å². The fourth-order valence-electron chi connectivity index (χ4n) is 2.31. The van der Waals surface area contributed by atoms with E-state index in [-0.39, 0.29) is 11.8 Å². The quantitative estimate of drug-likeness (QED) is 0.848. The first kappa shape index (κ1) is 14.1. The predicted octanol–water partition coefficient (Wildman–Crippen LogP) is 1.55. The third-order valence-electron chi connectivity index (χ3n) is 3.25. The molecule has 104 valence electrons. The molecule has 0 aromatic carbocycles. The SMILES string of the molecule is CCSc1cncc(N2CCC[C@@H](C(=O)NC)C2)n1. The highest BCUT2D eigenvalue weighted by Gasteiger charge is 2.25. The molecular weight excluding hydrogens is 260 g/mol. The molecule has 0 radical (unpaired) electrons. The van der Waals surface area contributed by atoms with Gasteiger partial charge in [0.05, 0.1) is 18.3 Å². The number of nitrogens with one attached hydrogen (secondary N) is 1. The zero-order valence-corrected chi connectivity index (χ0v) is 12.2. The number of nitrogens with zero attached hydrogens (tertiary/aromatic N) is 3. The van der Waals surface area contributed by atoms with Crippen molar-refractivity contribution in [3.63, 3.8) is 0 Å². The second kappa shape index (κ2) is 6.75. The molecule has 1 fully saturated rings. The molecule has 5 nitrogen and oxygen atoms in total. The van der Waals surface area contributed by atoms with Crippen molar-refractivity contribution in [2.24, 2.45) is 5.92 Å². The molecule has 0 aliphatic carbocycles. The summed E-state index contributed by atoms with van der Waals surface area (Å²) in [5.74, 6) is 2.05. The largest absolute Gasteiger partial charge is 0.359 e. The molecule has 1 aromatic heterocycles. The zero-order valence-electron chi connectivity index (χ0n) is 11.4. The molecule has 1 atom stereocenters. The normalized spacial score (nSPS) is 19.3. The van der Waals surface area contributed by atoms with E-state index >= 15 is 0 Å². The van der Waals surface area contributed by atoms with E-state index in [4.69, 9.17) is 0 Å². The van der Waals surface area contributed by atoms with Crippen LogP contribution in [0.15, 0.2) is 17.4 Å². The minimum Gasteiger partial charge on any atom is -0.359 e. The molecule has 1 saturated heterocycles. The number of carbonyl (C=O) groups is 1. The minimum absolute atomic E-state index is 0.0584. The van der Waals surface area contributed by atoms with Gasteiger partial charge in [-0.1, -0.05) is 6.92 Å². The lowest BCUT2D eigenvalue weighted by Crippen LogP contribution is -2.42. The molecule has 6 heteroatoms. The van der Waals surface area contributed by atoms with E-state index in [0.29, 0.717) is 0 Å². The monoisotopic (exact) mass is 280 g/mol. The molecule has 1 N–H and O–H groups in total. The van der Waals surface area contributed by atoms with Crippen LogP contribution in [0.5, 0.6) is 0 Å². The van der Waals surface area contributed by atoms with Crippen LogP contribution in [0.1, 0.15) is 19.8 Å². The van der Waals surface area contributed by atoms with Gasteiger partial charge in [0.15, 0.2) is 0 Å². The number of carbonyl (C=O) groups excluding carboxylic acids is 1. The summed E-state index contributed by atoms with van der Waals surface area (Å²) in [6, 6.07) is 0. The van der Waals surface area contributed by atoms with E-state index in [1.165, 1.54) is 0 Å². The summed E-state index contributed by atoms with van der Waals surface area (Å²) in [4.78, 5) is 22.7. The summed E-state index contributed by atoms with van der Waals surface area (Å²) in [6.07, 6.45) is 5.54. The lowest BCUT2D eigenvalue weighted by Gasteiger charge is -2.32. The van der Waals surface area contributed by atoms with Crippen molar-refractivity contribution in [3.05, 3.63) is 12.4 Å². The molecule has 1 aromatic rings. The molecule has 2 heterocycles. The van der Waals surface area contributed by atoms with E-state index in [1.54, 1.807) is 31.2 Å². The Balaban J connectivity index is 2.08. The smallest absolute Gasteiger partial charge is 0.224 e. The molecule has 1 aliphatic rings. The average Bonchev–Trinajstić information content (AvgIpc) is 2.47. The molecule has 19 heavy (non-hydrogen) atoms. The van der Waals surface area contributed by atoms with E-state index in [2.05, 4.69) is 27.1 Å². The van der Waals surface area contributed by atoms with E-state index in [9.17, 15) is 4.79 Å². The van der Waals surface area contributed by atoms with Gasteiger partial charge in [0.1, 0.15) is 10.8 Å². The molecule has 1 aliphatic heterocycles. The van der Waals surface area contributed by atoms with Gasteiger partial charge in [-0.15, -0.1) is 11.8 Å². The highest BCUT2D eigenvalue weighted by Crippen LogP contribution is 2.23. The molecule has 2 rings (SSSR count). The van der Waals surface area contributed by atoms with Crippen LogP contribution in [-0.4, -0.2) is 41.8 Å². The van der Waals surface area contributed by atoms with Crippen LogP contribution < -0.4 is 10.2 Å². The summed E-state index contributed by atoms with van der Waals surface area (Å²) >= 11 is 1.69. The van der Waals surface area contributed by atoms with Crippen LogP contribution in [0.2, 0.25) is 0 Å². The summed E-state index contributed by atoms with van der Waals surface area (Å²) in [6.45, 7) is 3.78. The third kappa shape index (κ3) is 3.59. The number of rotatable bonds is 4. The molecule has 0 saturated carbocycles. The van der Waals surface area contributed by atoms with Gasteiger partial charge < -0.3 is 10.2 Å². The molecule has 1 amide bonds. The van der Waals surface area contributed by atoms with Gasteiger partial charge in [0.25, 0.3) is 0 Å². The maximum Gasteiger partial charge on any atom is 0.224 e. The fourth-order valence-corrected chi connectivity index (χ4v) is 2.90. The van der Waals surface area contributed by atoms with Crippen LogP contribution in [0, 0.1) is 5.92 Å². The molecule has 0 bridgehead atoms. The summed E-state index contributed by atoms with van der Waals surface area (Å²) in [5.41, 5.74) is 0. The Morgan fingerprint density at radius 2 is 2.42 bits per heavy atom. The van der Waals surface area contributed by atoms with Gasteiger partial charge in [-0.25, -0.2) is 4.98 Å². The van der Waals surface area contributed by atoms with Gasteiger partial charge in [-0.05, 0) is 18.6 Å². The number of thioether (sulfide) groups is 1. The highest BCUT2D eigenvalue weighted by molar-refractivity contribution is 7.99. The van der Waals surface area contributed by atoms with Gasteiger partial charge in [-0.2, -0.15) is 0 Å². The number of aromatic nitrogens is 2. The van der Waals surface area contributed by atoms with Crippen LogP contribution in [-0.2, 0) is 4.79 Å². The van der Waals surface area contributed by atoms with Crippen molar-refractivity contribution in [3.8, 4) is 0 Å². The van der Waals surface area contributed by atoms with Crippen LogP contribution in [0.4, 0.5) is 5.82 Å². The Morgan fingerprint density at radius 1 is 1.58 bits per heavy atom. The number of hydrogen-bond acceptors (Lipinski definition) is 5. The number of amides is 1. The maximum absolute atomic E-state index is 11.7. The summed E-state index contributed by atoms with van der Waals surface area (Å²) < 4.78 is 0. The van der Waals surface area contributed by atoms with Crippen molar-refractivity contribution < 1.29 is 4.79 Å². The summed E-state index contributed by atoms with van der Waals surface area (Å²) in [5, 5.41) is 3.68. The van der Waals surface area contributed by atoms with Crippen LogP contribution in [0.25, 0.3) is 0 Å². The van der Waals surface area contributed by atoms with Crippen molar-refractivity contribution in [2.45, 2.75) is 24.8 Å². The van der Waals surface area contributed by atoms with Gasteiger partial charge in [0.2, 0.25) is 5.91 Å². The van der Waals surface area contributed by atoms with Crippen molar-refractivity contribution in [1.29, 1.82) is 0 Å². The maximum atomic E-state index is 11.7. The van der Waals surface area contributed by atoms with Crippen molar-refractivity contribution >= 4 is 23.5 Å². The van der Waals surface area contributed by atoms with E-state index in [0.717, 1.165) is 42.5 Å². The van der Waals surface area contributed by atoms with Crippen LogP contribution >= 0.6 is 11.8 Å². The topological polar surface area (TPSA) is 58.1 Å². The molecular formula is C13H20N4OS. The summed E-state index contributed by atoms with van der Waals surface area (Å²) in [7, 11) is 1.69. The lowest BCUT2D eigenvalue weighted by atomic mass is 9.97. The average molecular weight is 280 g/mol.